The van der Waals surface area contributed by atoms with Gasteiger partial charge in [0.1, 0.15) is 23.9 Å². The molecule has 0 saturated heterocycles. The van der Waals surface area contributed by atoms with Crippen molar-refractivity contribution in [3.8, 4) is 5.75 Å². The summed E-state index contributed by atoms with van der Waals surface area (Å²) < 4.78 is 0. The van der Waals surface area contributed by atoms with E-state index in [0.29, 0.717) is 5.56 Å². The Morgan fingerprint density at radius 1 is 0.811 bits per heavy atom. The minimum Gasteiger partial charge on any atom is -0.508 e. The first kappa shape index (κ1) is 30.8. The highest BCUT2D eigenvalue weighted by atomic mass is 16.4. The molecule has 37 heavy (non-hydrogen) atoms. The topological polar surface area (TPSA) is 245 Å². The average Bonchev–Trinajstić information content (AvgIpc) is 2.79. The maximum absolute atomic E-state index is 12.9. The van der Waals surface area contributed by atoms with Gasteiger partial charge in [-0.25, -0.2) is 4.79 Å². The van der Waals surface area contributed by atoms with Crippen molar-refractivity contribution in [1.29, 1.82) is 0 Å². The lowest BCUT2D eigenvalue weighted by atomic mass is 10.0. The van der Waals surface area contributed by atoms with E-state index in [1.54, 1.807) is 13.8 Å². The molecule has 0 aromatic heterocycles. The summed E-state index contributed by atoms with van der Waals surface area (Å²) in [7, 11) is 0. The van der Waals surface area contributed by atoms with Crippen LogP contribution in [-0.2, 0) is 35.2 Å². The molecule has 14 heteroatoms. The maximum Gasteiger partial charge on any atom is 0.326 e. The van der Waals surface area contributed by atoms with Crippen LogP contribution in [0.15, 0.2) is 24.3 Å². The van der Waals surface area contributed by atoms with Crippen LogP contribution in [0.1, 0.15) is 38.7 Å². The summed E-state index contributed by atoms with van der Waals surface area (Å²) in [4.78, 5) is 71.7. The number of nitrogens with two attached hydrogens (primary N) is 1. The lowest BCUT2D eigenvalue weighted by molar-refractivity contribution is -0.143. The Morgan fingerprint density at radius 2 is 1.38 bits per heavy atom. The number of phenolic OH excluding ortho intramolecular Hbond substituents is 1. The number of aliphatic carboxylic acids is 3. The second-order valence-corrected chi connectivity index (χ2v) is 8.70. The highest BCUT2D eigenvalue weighted by molar-refractivity contribution is 5.95. The van der Waals surface area contributed by atoms with E-state index < -0.39 is 78.6 Å². The van der Waals surface area contributed by atoms with Gasteiger partial charge in [-0.3, -0.25) is 24.0 Å². The molecule has 4 unspecified atom stereocenters. The molecule has 0 aliphatic rings. The Bertz CT molecular complexity index is 996. The SMILES string of the molecule is CC(C)C(NC(=O)C(N)CC(=O)O)C(=O)NC(CCC(=O)O)C(=O)NC(Cc1ccc(O)cc1)C(=O)O. The molecule has 0 aliphatic carbocycles. The zero-order valence-electron chi connectivity index (χ0n) is 20.3. The quantitative estimate of drug-likeness (QED) is 0.135. The summed E-state index contributed by atoms with van der Waals surface area (Å²) in [5.41, 5.74) is 6.01. The largest absolute Gasteiger partial charge is 0.508 e. The van der Waals surface area contributed by atoms with Gasteiger partial charge >= 0.3 is 17.9 Å². The Kier molecular flexibility index (Phi) is 12.0. The predicted molar refractivity (Wildman–Crippen MR) is 127 cm³/mol. The van der Waals surface area contributed by atoms with E-state index in [4.69, 9.17) is 15.9 Å². The molecule has 0 spiro atoms. The average molecular weight is 525 g/mol. The normalized spacial score (nSPS) is 14.1. The Morgan fingerprint density at radius 3 is 1.86 bits per heavy atom. The van der Waals surface area contributed by atoms with Crippen LogP contribution in [0.2, 0.25) is 0 Å². The second kappa shape index (κ2) is 14.4. The van der Waals surface area contributed by atoms with E-state index in [-0.39, 0.29) is 18.6 Å². The number of carbonyl (C=O) groups is 6. The number of phenols is 1. The number of nitrogens with one attached hydrogen (secondary N) is 3. The monoisotopic (exact) mass is 524 g/mol. The fraction of sp³-hybridized carbons (Fsp3) is 0.478. The van der Waals surface area contributed by atoms with Crippen LogP contribution in [0, 0.1) is 5.92 Å². The number of carbonyl (C=O) groups excluding carboxylic acids is 3. The Labute approximate surface area is 212 Å². The van der Waals surface area contributed by atoms with Crippen molar-refractivity contribution in [2.75, 3.05) is 0 Å². The number of hydrogen-bond donors (Lipinski definition) is 8. The molecular formula is C23H32N4O10. The zero-order valence-corrected chi connectivity index (χ0v) is 20.3. The summed E-state index contributed by atoms with van der Waals surface area (Å²) in [5.74, 6) is -7.29. The molecule has 9 N–H and O–H groups in total. The first-order chi connectivity index (χ1) is 17.2. The molecule has 14 nitrogen and oxygen atoms in total. The third kappa shape index (κ3) is 10.9. The van der Waals surface area contributed by atoms with Crippen LogP contribution in [0.4, 0.5) is 0 Å². The molecule has 3 amide bonds. The Balaban J connectivity index is 3.03. The van der Waals surface area contributed by atoms with Crippen LogP contribution in [0.3, 0.4) is 0 Å². The van der Waals surface area contributed by atoms with E-state index in [0.717, 1.165) is 0 Å². The first-order valence-corrected chi connectivity index (χ1v) is 11.3. The summed E-state index contributed by atoms with van der Waals surface area (Å²) in [6.07, 6.45) is -1.75. The molecule has 204 valence electrons. The summed E-state index contributed by atoms with van der Waals surface area (Å²) in [6, 6.07) is 0.0299. The highest BCUT2D eigenvalue weighted by Crippen LogP contribution is 2.12. The standard InChI is InChI=1S/C23H32N4O10/c1-11(2)19(27-20(33)14(24)10-18(31)32)22(35)25-15(7-8-17(29)30)21(34)26-16(23(36)37)9-12-3-5-13(28)6-4-12/h3-6,11,14-16,19,28H,7-10,24H2,1-2H3,(H,25,35)(H,26,34)(H,27,33)(H,29,30)(H,31,32)(H,36,37). The van der Waals surface area contributed by atoms with Crippen molar-refractivity contribution >= 4 is 35.6 Å². The van der Waals surface area contributed by atoms with Gasteiger partial charge in [0, 0.05) is 12.8 Å². The molecule has 1 aromatic rings. The van der Waals surface area contributed by atoms with Gasteiger partial charge in [0.05, 0.1) is 12.5 Å². The third-order valence-corrected chi connectivity index (χ3v) is 5.25. The minimum absolute atomic E-state index is 0.0354. The van der Waals surface area contributed by atoms with E-state index in [1.807, 2.05) is 0 Å². The summed E-state index contributed by atoms with van der Waals surface area (Å²) in [5, 5.41) is 43.7. The number of benzene rings is 1. The van der Waals surface area contributed by atoms with Crippen LogP contribution in [0.25, 0.3) is 0 Å². The smallest absolute Gasteiger partial charge is 0.326 e. The number of amides is 3. The minimum atomic E-state index is -1.46. The van der Waals surface area contributed by atoms with E-state index in [9.17, 15) is 39.0 Å². The highest BCUT2D eigenvalue weighted by Gasteiger charge is 2.32. The van der Waals surface area contributed by atoms with Crippen LogP contribution < -0.4 is 21.7 Å². The molecule has 0 saturated carbocycles. The third-order valence-electron chi connectivity index (χ3n) is 5.25. The molecule has 0 fully saturated rings. The molecule has 0 aliphatic heterocycles. The molecule has 0 heterocycles. The molecule has 0 radical (unpaired) electrons. The molecular weight excluding hydrogens is 492 g/mol. The van der Waals surface area contributed by atoms with Gasteiger partial charge in [0.15, 0.2) is 0 Å². The lowest BCUT2D eigenvalue weighted by Gasteiger charge is -2.26. The van der Waals surface area contributed by atoms with Crippen molar-refractivity contribution < 1.29 is 49.2 Å². The number of aromatic hydroxyl groups is 1. The molecule has 1 aromatic carbocycles. The van der Waals surface area contributed by atoms with Gasteiger partial charge in [-0.1, -0.05) is 26.0 Å². The second-order valence-electron chi connectivity index (χ2n) is 8.70. The van der Waals surface area contributed by atoms with Gasteiger partial charge in [-0.15, -0.1) is 0 Å². The summed E-state index contributed by atoms with van der Waals surface area (Å²) in [6.45, 7) is 3.13. The van der Waals surface area contributed by atoms with E-state index >= 15 is 0 Å². The van der Waals surface area contributed by atoms with Gasteiger partial charge in [0.25, 0.3) is 0 Å². The fourth-order valence-corrected chi connectivity index (χ4v) is 3.21. The van der Waals surface area contributed by atoms with E-state index in [1.165, 1.54) is 24.3 Å². The van der Waals surface area contributed by atoms with Crippen LogP contribution >= 0.6 is 0 Å². The predicted octanol–water partition coefficient (Wildman–Crippen LogP) is -1.20. The van der Waals surface area contributed by atoms with Gasteiger partial charge in [-0.05, 0) is 30.0 Å². The first-order valence-electron chi connectivity index (χ1n) is 11.3. The van der Waals surface area contributed by atoms with Crippen molar-refractivity contribution in [1.82, 2.24) is 16.0 Å². The number of rotatable bonds is 15. The molecule has 1 rings (SSSR count). The van der Waals surface area contributed by atoms with Crippen LogP contribution in [-0.4, -0.2) is 80.2 Å². The van der Waals surface area contributed by atoms with Gasteiger partial charge in [-0.2, -0.15) is 0 Å². The van der Waals surface area contributed by atoms with Gasteiger partial charge in [0.2, 0.25) is 17.7 Å². The molecule has 0 bridgehead atoms. The summed E-state index contributed by atoms with van der Waals surface area (Å²) >= 11 is 0. The van der Waals surface area contributed by atoms with Crippen LogP contribution in [0.5, 0.6) is 5.75 Å². The fourth-order valence-electron chi connectivity index (χ4n) is 3.21. The van der Waals surface area contributed by atoms with Gasteiger partial charge < -0.3 is 42.1 Å². The zero-order chi connectivity index (χ0) is 28.3. The molecule has 4 atom stereocenters. The number of carboxylic acids is 3. The Hall–Kier alpha value is -4.20. The van der Waals surface area contributed by atoms with Crippen molar-refractivity contribution in [2.24, 2.45) is 11.7 Å². The van der Waals surface area contributed by atoms with Crippen molar-refractivity contribution in [3.05, 3.63) is 29.8 Å². The van der Waals surface area contributed by atoms with Crippen molar-refractivity contribution in [2.45, 2.75) is 63.7 Å². The van der Waals surface area contributed by atoms with E-state index in [2.05, 4.69) is 16.0 Å². The maximum atomic E-state index is 12.9. The number of carboxylic acid groups (broad SMARTS) is 3. The van der Waals surface area contributed by atoms with Crippen molar-refractivity contribution in [3.63, 3.8) is 0 Å². The lowest BCUT2D eigenvalue weighted by Crippen LogP contribution is -2.58. The number of hydrogen-bond acceptors (Lipinski definition) is 8.